The van der Waals surface area contributed by atoms with Crippen LogP contribution >= 0.6 is 7.26 Å². The molecule has 2 nitrogen and oxygen atoms in total. The topological polar surface area (TPSA) is 37.3 Å². The number of rotatable bonds is 8. The lowest BCUT2D eigenvalue weighted by molar-refractivity contribution is -0.137. The van der Waals surface area contributed by atoms with Gasteiger partial charge in [0, 0.05) is 6.42 Å². The van der Waals surface area contributed by atoms with E-state index < -0.39 is 13.2 Å². The third kappa shape index (κ3) is 4.97. The van der Waals surface area contributed by atoms with E-state index in [0.717, 1.165) is 12.6 Å². The van der Waals surface area contributed by atoms with Gasteiger partial charge in [-0.3, -0.25) is 4.79 Å². The molecule has 0 aliphatic rings. The quantitative estimate of drug-likeness (QED) is 0.458. The molecule has 0 aliphatic carbocycles. The normalized spacial score (nSPS) is 10.8. The van der Waals surface area contributed by atoms with Crippen molar-refractivity contribution in [2.24, 2.45) is 0 Å². The van der Waals surface area contributed by atoms with Crippen LogP contribution in [-0.4, -0.2) is 17.2 Å². The van der Waals surface area contributed by atoms with Gasteiger partial charge in [0.2, 0.25) is 0 Å². The summed E-state index contributed by atoms with van der Waals surface area (Å²) >= 11 is 0. The van der Waals surface area contributed by atoms with Crippen LogP contribution in [0.15, 0.2) is 91.0 Å². The first-order chi connectivity index (χ1) is 12.7. The van der Waals surface area contributed by atoms with E-state index in [1.807, 2.05) is 0 Å². The van der Waals surface area contributed by atoms with Gasteiger partial charge in [-0.1, -0.05) is 54.6 Å². The Morgan fingerprint density at radius 1 is 0.667 bits per heavy atom. The Morgan fingerprint density at radius 3 is 1.37 bits per heavy atom. The molecular formula is C23H24ClO2P. The number of carboxylic acids is 1. The van der Waals surface area contributed by atoms with Crippen LogP contribution in [0, 0.1) is 0 Å². The first-order valence-corrected chi connectivity index (χ1v) is 11.0. The number of aliphatic carboxylic acids is 1. The molecule has 0 unspecified atom stereocenters. The number of unbranched alkanes of at least 4 members (excludes halogenated alkanes) is 1. The molecule has 0 aromatic heterocycles. The lowest BCUT2D eigenvalue weighted by atomic mass is 10.2. The number of hydrogen-bond donors (Lipinski definition) is 1. The average molecular weight is 399 g/mol. The molecule has 0 aliphatic heterocycles. The van der Waals surface area contributed by atoms with E-state index in [1.165, 1.54) is 15.9 Å². The van der Waals surface area contributed by atoms with Crippen LogP contribution < -0.4 is 28.3 Å². The van der Waals surface area contributed by atoms with Crippen molar-refractivity contribution in [2.75, 3.05) is 6.16 Å². The summed E-state index contributed by atoms with van der Waals surface area (Å²) in [6, 6.07) is 32.2. The first kappa shape index (κ1) is 21.2. The van der Waals surface area contributed by atoms with Gasteiger partial charge in [-0.15, -0.1) is 0 Å². The summed E-state index contributed by atoms with van der Waals surface area (Å²) in [5, 5.41) is 13.1. The molecule has 0 heterocycles. The maximum atomic E-state index is 10.9. The molecule has 0 fully saturated rings. The van der Waals surface area contributed by atoms with E-state index >= 15 is 0 Å². The van der Waals surface area contributed by atoms with E-state index in [2.05, 4.69) is 91.0 Å². The molecule has 1 N–H and O–H groups in total. The Labute approximate surface area is 168 Å². The number of halogens is 1. The summed E-state index contributed by atoms with van der Waals surface area (Å²) in [4.78, 5) is 10.9. The molecule has 0 saturated carbocycles. The molecule has 0 atom stereocenters. The molecule has 140 valence electrons. The van der Waals surface area contributed by atoms with Crippen molar-refractivity contribution in [1.29, 1.82) is 0 Å². The second kappa shape index (κ2) is 10.3. The second-order valence-electron chi connectivity index (χ2n) is 6.39. The number of carboxylic acid groups (broad SMARTS) is 1. The molecule has 27 heavy (non-hydrogen) atoms. The van der Waals surface area contributed by atoms with Crippen molar-refractivity contribution >= 4 is 29.1 Å². The predicted octanol–water partition coefficient (Wildman–Crippen LogP) is 1.24. The molecule has 3 aromatic rings. The van der Waals surface area contributed by atoms with Crippen molar-refractivity contribution in [3.8, 4) is 0 Å². The standard InChI is InChI=1S/C23H23O2P.ClH/c24-23(25)18-10-11-19-26(20-12-4-1-5-13-20,21-14-6-2-7-15-21)22-16-8-3-9-17-22;/h1-9,12-17H,10-11,18-19H2;1H. The summed E-state index contributed by atoms with van der Waals surface area (Å²) in [5.74, 6) is -0.715. The van der Waals surface area contributed by atoms with Crippen LogP contribution in [0.5, 0.6) is 0 Å². The van der Waals surface area contributed by atoms with Gasteiger partial charge in [0.15, 0.2) is 0 Å². The lowest BCUT2D eigenvalue weighted by Gasteiger charge is -2.27. The highest BCUT2D eigenvalue weighted by Crippen LogP contribution is 2.55. The third-order valence-corrected chi connectivity index (χ3v) is 9.25. The minimum Gasteiger partial charge on any atom is -1.00 e. The summed E-state index contributed by atoms with van der Waals surface area (Å²) in [5.41, 5.74) is 0. The summed E-state index contributed by atoms with van der Waals surface area (Å²) in [6.07, 6.45) is 2.83. The molecule has 4 heteroatoms. The molecule has 0 spiro atoms. The van der Waals surface area contributed by atoms with E-state index in [9.17, 15) is 4.79 Å². The van der Waals surface area contributed by atoms with Crippen LogP contribution in [0.3, 0.4) is 0 Å². The number of hydrogen-bond acceptors (Lipinski definition) is 1. The lowest BCUT2D eigenvalue weighted by Crippen LogP contribution is -3.00. The Hall–Kier alpha value is -2.15. The average Bonchev–Trinajstić information content (AvgIpc) is 2.70. The highest BCUT2D eigenvalue weighted by Gasteiger charge is 2.44. The SMILES string of the molecule is O=C(O)CCCC[P+](c1ccccc1)(c1ccccc1)c1ccccc1.[Cl-]. The molecule has 0 bridgehead atoms. The maximum Gasteiger partial charge on any atom is 0.303 e. The number of carbonyl (C=O) groups is 1. The molecule has 3 aromatic carbocycles. The molecule has 3 rings (SSSR count). The maximum absolute atomic E-state index is 10.9. The van der Waals surface area contributed by atoms with Gasteiger partial charge < -0.3 is 17.5 Å². The van der Waals surface area contributed by atoms with Crippen molar-refractivity contribution < 1.29 is 22.3 Å². The predicted molar refractivity (Wildman–Crippen MR) is 112 cm³/mol. The molecule has 0 amide bonds. The van der Waals surface area contributed by atoms with Gasteiger partial charge in [-0.2, -0.15) is 0 Å². The fraction of sp³-hybridized carbons (Fsp3) is 0.174. The smallest absolute Gasteiger partial charge is 0.303 e. The van der Waals surface area contributed by atoms with Crippen molar-refractivity contribution in [3.05, 3.63) is 91.0 Å². The Morgan fingerprint density at radius 2 is 1.04 bits per heavy atom. The fourth-order valence-electron chi connectivity index (χ4n) is 3.51. The summed E-state index contributed by atoms with van der Waals surface area (Å²) < 4.78 is 0. The highest BCUT2D eigenvalue weighted by molar-refractivity contribution is 7.95. The van der Waals surface area contributed by atoms with Gasteiger partial charge in [-0.25, -0.2) is 0 Å². The van der Waals surface area contributed by atoms with Crippen LogP contribution in [0.1, 0.15) is 19.3 Å². The molecule has 0 saturated heterocycles. The van der Waals surface area contributed by atoms with Gasteiger partial charge in [-0.05, 0) is 49.2 Å². The van der Waals surface area contributed by atoms with Crippen molar-refractivity contribution in [1.82, 2.24) is 0 Å². The Kier molecular flexibility index (Phi) is 8.03. The van der Waals surface area contributed by atoms with Crippen LogP contribution in [0.25, 0.3) is 0 Å². The fourth-order valence-corrected chi connectivity index (χ4v) is 7.92. The minimum absolute atomic E-state index is 0. The van der Waals surface area contributed by atoms with E-state index in [0.29, 0.717) is 6.42 Å². The van der Waals surface area contributed by atoms with Gasteiger partial charge in [0.25, 0.3) is 0 Å². The Balaban J connectivity index is 0.00000261. The Bertz CT molecular complexity index is 726. The minimum atomic E-state index is -1.81. The van der Waals surface area contributed by atoms with Gasteiger partial charge in [0.1, 0.15) is 23.2 Å². The van der Waals surface area contributed by atoms with E-state index in [-0.39, 0.29) is 18.8 Å². The van der Waals surface area contributed by atoms with Gasteiger partial charge in [0.05, 0.1) is 6.16 Å². The molecular weight excluding hydrogens is 375 g/mol. The summed E-state index contributed by atoms with van der Waals surface area (Å²) in [7, 11) is -1.81. The van der Waals surface area contributed by atoms with E-state index in [4.69, 9.17) is 5.11 Å². The first-order valence-electron chi connectivity index (χ1n) is 9.00. The zero-order valence-electron chi connectivity index (χ0n) is 15.2. The number of benzene rings is 3. The molecule has 0 radical (unpaired) electrons. The van der Waals surface area contributed by atoms with Crippen LogP contribution in [0.4, 0.5) is 0 Å². The van der Waals surface area contributed by atoms with Gasteiger partial charge >= 0.3 is 5.97 Å². The zero-order valence-corrected chi connectivity index (χ0v) is 16.8. The van der Waals surface area contributed by atoms with Crippen LogP contribution in [-0.2, 0) is 4.79 Å². The second-order valence-corrected chi connectivity index (χ2v) is 10.0. The van der Waals surface area contributed by atoms with Crippen molar-refractivity contribution in [3.63, 3.8) is 0 Å². The summed E-state index contributed by atoms with van der Waals surface area (Å²) in [6.45, 7) is 0. The zero-order chi connectivity index (χ0) is 18.2. The van der Waals surface area contributed by atoms with E-state index in [1.54, 1.807) is 0 Å². The third-order valence-electron chi connectivity index (χ3n) is 4.73. The highest BCUT2D eigenvalue weighted by atomic mass is 35.5. The largest absolute Gasteiger partial charge is 1.00 e. The monoisotopic (exact) mass is 398 g/mol. The van der Waals surface area contributed by atoms with Crippen molar-refractivity contribution in [2.45, 2.75) is 19.3 Å². The van der Waals surface area contributed by atoms with Crippen LogP contribution in [0.2, 0.25) is 0 Å².